The fourth-order valence-electron chi connectivity index (χ4n) is 4.54. The highest BCUT2D eigenvalue weighted by molar-refractivity contribution is 5.52. The number of aromatic nitrogens is 2. The number of aryl methyl sites for hydroxylation is 6. The van der Waals surface area contributed by atoms with Gasteiger partial charge in [0.1, 0.15) is 35.3 Å². The Morgan fingerprint density at radius 3 is 1.81 bits per heavy atom. The molecule has 3 aromatic carbocycles. The Kier molecular flexibility index (Phi) is 5.74. The molecule has 0 aliphatic heterocycles. The third kappa shape index (κ3) is 4.11. The summed E-state index contributed by atoms with van der Waals surface area (Å²) in [5.41, 5.74) is 9.89. The van der Waals surface area contributed by atoms with E-state index in [-0.39, 0.29) is 5.82 Å². The summed E-state index contributed by atoms with van der Waals surface area (Å²) in [6.45, 7) is 12.7. The molecule has 4 rings (SSSR count). The topological polar surface area (TPSA) is 33.5 Å². The van der Waals surface area contributed by atoms with Gasteiger partial charge in [-0.15, -0.1) is 0 Å². The van der Waals surface area contributed by atoms with E-state index < -0.39 is 0 Å². The van der Waals surface area contributed by atoms with Crippen LogP contribution in [0.15, 0.2) is 71.2 Å². The molecule has 0 fully saturated rings. The van der Waals surface area contributed by atoms with Crippen LogP contribution in [0.25, 0.3) is 11.4 Å². The number of azo groups is 1. The van der Waals surface area contributed by atoms with Gasteiger partial charge in [-0.25, -0.2) is 4.39 Å². The third-order valence-electron chi connectivity index (χ3n) is 5.63. The SMILES string of the molecule is Cc1cc(C)c(-n2cc[n+](-c3c(C)cc(C)cc3C)c2N=Nc2ccc(F)cc2)c(C)c1. The molecule has 32 heavy (non-hydrogen) atoms. The maximum atomic E-state index is 13.3. The fraction of sp³-hybridized carbons (Fsp3) is 0.222. The first kappa shape index (κ1) is 21.6. The van der Waals surface area contributed by atoms with Crippen molar-refractivity contribution < 1.29 is 8.96 Å². The van der Waals surface area contributed by atoms with Crippen molar-refractivity contribution in [2.75, 3.05) is 0 Å². The largest absolute Gasteiger partial charge is 0.431 e. The van der Waals surface area contributed by atoms with E-state index >= 15 is 0 Å². The molecule has 5 heteroatoms. The van der Waals surface area contributed by atoms with Crippen LogP contribution < -0.4 is 4.57 Å². The molecule has 1 aromatic heterocycles. The molecule has 162 valence electrons. The summed E-state index contributed by atoms with van der Waals surface area (Å²) < 4.78 is 17.5. The van der Waals surface area contributed by atoms with Gasteiger partial charge in [0.15, 0.2) is 0 Å². The van der Waals surface area contributed by atoms with Gasteiger partial charge in [-0.1, -0.05) is 40.5 Å². The molecule has 4 aromatic rings. The molecular formula is C27H28FN4+. The minimum absolute atomic E-state index is 0.292. The Labute approximate surface area is 188 Å². The molecule has 0 amide bonds. The van der Waals surface area contributed by atoms with Crippen molar-refractivity contribution in [3.05, 3.63) is 100 Å². The number of nitrogens with zero attached hydrogens (tertiary/aromatic N) is 4. The van der Waals surface area contributed by atoms with Crippen molar-refractivity contribution in [3.63, 3.8) is 0 Å². The van der Waals surface area contributed by atoms with Gasteiger partial charge < -0.3 is 0 Å². The maximum absolute atomic E-state index is 13.3. The number of hydrogen-bond acceptors (Lipinski definition) is 2. The zero-order valence-electron chi connectivity index (χ0n) is 19.4. The van der Waals surface area contributed by atoms with E-state index in [4.69, 9.17) is 0 Å². The summed E-state index contributed by atoms with van der Waals surface area (Å²) in [4.78, 5) is 0. The van der Waals surface area contributed by atoms with E-state index in [1.54, 1.807) is 12.1 Å². The molecule has 4 nitrogen and oxygen atoms in total. The molecule has 0 bridgehead atoms. The Morgan fingerprint density at radius 2 is 1.25 bits per heavy atom. The number of benzene rings is 3. The Morgan fingerprint density at radius 1 is 0.719 bits per heavy atom. The molecule has 1 heterocycles. The van der Waals surface area contributed by atoms with E-state index in [0.29, 0.717) is 11.6 Å². The predicted molar refractivity (Wildman–Crippen MR) is 126 cm³/mol. The van der Waals surface area contributed by atoms with Crippen LogP contribution in [0.2, 0.25) is 0 Å². The van der Waals surface area contributed by atoms with Gasteiger partial charge in [-0.2, -0.15) is 9.13 Å². The van der Waals surface area contributed by atoms with Crippen LogP contribution in [0, 0.1) is 47.4 Å². The van der Waals surface area contributed by atoms with E-state index in [1.807, 2.05) is 12.4 Å². The van der Waals surface area contributed by atoms with Gasteiger partial charge in [-0.05, 0) is 88.1 Å². The number of rotatable bonds is 4. The molecule has 0 spiro atoms. The molecule has 0 radical (unpaired) electrons. The van der Waals surface area contributed by atoms with Crippen LogP contribution in [0.5, 0.6) is 0 Å². The summed E-state index contributed by atoms with van der Waals surface area (Å²) in [5.74, 6) is 0.388. The Hall–Kier alpha value is -3.60. The molecule has 0 saturated carbocycles. The number of hydrogen-bond donors (Lipinski definition) is 0. The van der Waals surface area contributed by atoms with Crippen LogP contribution in [-0.4, -0.2) is 4.57 Å². The average molecular weight is 428 g/mol. The highest BCUT2D eigenvalue weighted by Crippen LogP contribution is 2.28. The molecule has 0 N–H and O–H groups in total. The lowest BCUT2D eigenvalue weighted by molar-refractivity contribution is -0.581. The van der Waals surface area contributed by atoms with Crippen LogP contribution in [0.4, 0.5) is 16.0 Å². The lowest BCUT2D eigenvalue weighted by Gasteiger charge is -2.11. The minimum Gasteiger partial charge on any atom is -0.207 e. The van der Waals surface area contributed by atoms with Crippen molar-refractivity contribution in [2.24, 2.45) is 10.2 Å². The average Bonchev–Trinajstić information content (AvgIpc) is 3.09. The minimum atomic E-state index is -0.292. The van der Waals surface area contributed by atoms with Gasteiger partial charge >= 0.3 is 5.95 Å². The molecule has 0 atom stereocenters. The molecular weight excluding hydrogens is 399 g/mol. The summed E-state index contributed by atoms with van der Waals surface area (Å²) in [6.07, 6.45) is 4.06. The molecule has 0 aliphatic carbocycles. The highest BCUT2D eigenvalue weighted by atomic mass is 19.1. The van der Waals surface area contributed by atoms with Gasteiger partial charge in [0.05, 0.1) is 0 Å². The Bertz CT molecular complexity index is 1210. The third-order valence-corrected chi connectivity index (χ3v) is 5.63. The van der Waals surface area contributed by atoms with E-state index in [0.717, 1.165) is 11.4 Å². The van der Waals surface area contributed by atoms with Crippen LogP contribution >= 0.6 is 0 Å². The quantitative estimate of drug-likeness (QED) is 0.245. The Balaban J connectivity index is 1.96. The molecule has 0 unspecified atom stereocenters. The standard InChI is InChI=1S/C27H28FN4/c1-17-13-19(3)25(20(4)14-17)31-11-12-32(26-21(5)15-18(2)16-22(26)6)27(31)30-29-24-9-7-23(28)8-10-24/h7-16H,1-6H3/q+1. The normalized spacial score (nSPS) is 11.5. The number of imidazole rings is 1. The molecule has 0 saturated heterocycles. The van der Waals surface area contributed by atoms with Gasteiger partial charge in [0, 0.05) is 5.11 Å². The summed E-state index contributed by atoms with van der Waals surface area (Å²) in [6, 6.07) is 14.7. The highest BCUT2D eigenvalue weighted by Gasteiger charge is 2.25. The first-order chi connectivity index (χ1) is 15.2. The second kappa shape index (κ2) is 8.50. The van der Waals surface area contributed by atoms with Gasteiger partial charge in [-0.3, -0.25) is 0 Å². The summed E-state index contributed by atoms with van der Waals surface area (Å²) >= 11 is 0. The van der Waals surface area contributed by atoms with Crippen molar-refractivity contribution in [1.29, 1.82) is 0 Å². The van der Waals surface area contributed by atoms with Crippen molar-refractivity contribution >= 4 is 11.6 Å². The van der Waals surface area contributed by atoms with Crippen LogP contribution in [0.1, 0.15) is 33.4 Å². The lowest BCUT2D eigenvalue weighted by atomic mass is 10.0. The monoisotopic (exact) mass is 427 g/mol. The zero-order valence-corrected chi connectivity index (χ0v) is 19.4. The van der Waals surface area contributed by atoms with Gasteiger partial charge in [0.2, 0.25) is 0 Å². The predicted octanol–water partition coefficient (Wildman–Crippen LogP) is 7.16. The first-order valence-corrected chi connectivity index (χ1v) is 10.7. The second-order valence-corrected chi connectivity index (χ2v) is 8.51. The van der Waals surface area contributed by atoms with Crippen molar-refractivity contribution in [1.82, 2.24) is 4.57 Å². The van der Waals surface area contributed by atoms with Crippen LogP contribution in [0.3, 0.4) is 0 Å². The van der Waals surface area contributed by atoms with Crippen LogP contribution in [-0.2, 0) is 0 Å². The fourth-order valence-corrected chi connectivity index (χ4v) is 4.54. The van der Waals surface area contributed by atoms with E-state index in [1.165, 1.54) is 45.5 Å². The zero-order chi connectivity index (χ0) is 23.0. The summed E-state index contributed by atoms with van der Waals surface area (Å²) in [5, 5.41) is 9.09. The van der Waals surface area contributed by atoms with E-state index in [2.05, 4.69) is 85.2 Å². The second-order valence-electron chi connectivity index (χ2n) is 8.51. The smallest absolute Gasteiger partial charge is 0.207 e. The molecule has 0 aliphatic rings. The van der Waals surface area contributed by atoms with E-state index in [9.17, 15) is 4.39 Å². The maximum Gasteiger partial charge on any atom is 0.431 e. The lowest BCUT2D eigenvalue weighted by Crippen LogP contribution is -2.31. The van der Waals surface area contributed by atoms with Gasteiger partial charge in [0.25, 0.3) is 0 Å². The summed E-state index contributed by atoms with van der Waals surface area (Å²) in [7, 11) is 0. The van der Waals surface area contributed by atoms with Crippen molar-refractivity contribution in [3.8, 4) is 11.4 Å². The first-order valence-electron chi connectivity index (χ1n) is 10.7. The van der Waals surface area contributed by atoms with Crippen molar-refractivity contribution in [2.45, 2.75) is 41.5 Å². The number of halogens is 1.